The van der Waals surface area contributed by atoms with E-state index in [-0.39, 0.29) is 17.9 Å². The lowest BCUT2D eigenvalue weighted by molar-refractivity contribution is -0.137. The van der Waals surface area contributed by atoms with Crippen molar-refractivity contribution >= 4 is 17.5 Å². The first-order valence-corrected chi connectivity index (χ1v) is 9.44. The molecule has 4 rings (SSSR count). The van der Waals surface area contributed by atoms with Gasteiger partial charge in [0.15, 0.2) is 0 Å². The Kier molecular flexibility index (Phi) is 5.23. The van der Waals surface area contributed by atoms with Crippen molar-refractivity contribution in [3.63, 3.8) is 0 Å². The molecule has 0 aromatic heterocycles. The molecule has 1 fully saturated rings. The van der Waals surface area contributed by atoms with Gasteiger partial charge in [0, 0.05) is 34.9 Å². The molecule has 0 saturated carbocycles. The molecule has 2 aliphatic rings. The summed E-state index contributed by atoms with van der Waals surface area (Å²) in [6, 6.07) is 6.04. The van der Waals surface area contributed by atoms with Crippen LogP contribution in [0, 0.1) is 11.7 Å². The largest absolute Gasteiger partial charge is 0.416 e. The second-order valence-corrected chi connectivity index (χ2v) is 7.38. The van der Waals surface area contributed by atoms with Gasteiger partial charge in [-0.15, -0.1) is 0 Å². The Morgan fingerprint density at radius 3 is 2.70 bits per heavy atom. The molecule has 158 valence electrons. The second kappa shape index (κ2) is 7.71. The highest BCUT2D eigenvalue weighted by atomic mass is 19.4. The van der Waals surface area contributed by atoms with Gasteiger partial charge in [0.2, 0.25) is 0 Å². The minimum atomic E-state index is -4.78. The van der Waals surface area contributed by atoms with Crippen LogP contribution in [0.3, 0.4) is 0 Å². The Bertz CT molecular complexity index is 1000. The van der Waals surface area contributed by atoms with Gasteiger partial charge in [-0.1, -0.05) is 6.07 Å². The quantitative estimate of drug-likeness (QED) is 0.725. The number of fused-ring (bicyclic) bond motifs is 1. The van der Waals surface area contributed by atoms with Crippen LogP contribution in [0.4, 0.5) is 23.2 Å². The molecule has 0 spiro atoms. The SMILES string of the molecule is O=C(Nc1cccc2c1C(C1CCCOC1)NC2=O)c1cc(F)cc(C(F)(F)F)c1. The van der Waals surface area contributed by atoms with Crippen molar-refractivity contribution in [1.29, 1.82) is 0 Å². The van der Waals surface area contributed by atoms with Crippen LogP contribution in [0.25, 0.3) is 0 Å². The van der Waals surface area contributed by atoms with E-state index >= 15 is 0 Å². The van der Waals surface area contributed by atoms with E-state index in [2.05, 4.69) is 10.6 Å². The van der Waals surface area contributed by atoms with Crippen molar-refractivity contribution in [3.8, 4) is 0 Å². The normalized spacial score (nSPS) is 21.1. The number of carbonyl (C=O) groups excluding carboxylic acids is 2. The minimum absolute atomic E-state index is 0.00741. The lowest BCUT2D eigenvalue weighted by Crippen LogP contribution is -2.31. The third-order valence-corrected chi connectivity index (χ3v) is 5.35. The fraction of sp³-hybridized carbons (Fsp3) is 0.333. The number of hydrogen-bond acceptors (Lipinski definition) is 3. The first kappa shape index (κ1) is 20.3. The van der Waals surface area contributed by atoms with Gasteiger partial charge in [-0.25, -0.2) is 4.39 Å². The van der Waals surface area contributed by atoms with E-state index in [0.717, 1.165) is 18.9 Å². The van der Waals surface area contributed by atoms with Crippen molar-refractivity contribution in [2.45, 2.75) is 25.1 Å². The Morgan fingerprint density at radius 2 is 2.00 bits per heavy atom. The molecule has 2 unspecified atom stereocenters. The smallest absolute Gasteiger partial charge is 0.381 e. The van der Waals surface area contributed by atoms with Crippen molar-refractivity contribution in [3.05, 3.63) is 64.5 Å². The van der Waals surface area contributed by atoms with Gasteiger partial charge in [-0.2, -0.15) is 13.2 Å². The maximum atomic E-state index is 13.7. The summed E-state index contributed by atoms with van der Waals surface area (Å²) in [7, 11) is 0. The number of anilines is 1. The maximum absolute atomic E-state index is 13.7. The topological polar surface area (TPSA) is 67.4 Å². The molecular formula is C21H18F4N2O3. The molecular weight excluding hydrogens is 404 g/mol. The molecule has 2 aromatic rings. The summed E-state index contributed by atoms with van der Waals surface area (Å²) in [6.45, 7) is 1.09. The number of nitrogens with one attached hydrogen (secondary N) is 2. The van der Waals surface area contributed by atoms with E-state index in [9.17, 15) is 27.2 Å². The molecule has 2 N–H and O–H groups in total. The average molecular weight is 422 g/mol. The van der Waals surface area contributed by atoms with Crippen LogP contribution in [-0.2, 0) is 10.9 Å². The van der Waals surface area contributed by atoms with Crippen LogP contribution in [0.5, 0.6) is 0 Å². The summed E-state index contributed by atoms with van der Waals surface area (Å²) >= 11 is 0. The standard InChI is InChI=1S/C21H18F4N2O3/c22-14-8-12(7-13(9-14)21(23,24)25)19(28)26-16-5-1-4-15-17(16)18(27-20(15)29)11-3-2-6-30-10-11/h1,4-5,7-9,11,18H,2-3,6,10H2,(H,26,28)(H,27,29). The molecule has 5 nitrogen and oxygen atoms in total. The highest BCUT2D eigenvalue weighted by Crippen LogP contribution is 2.39. The van der Waals surface area contributed by atoms with Gasteiger partial charge in [0.05, 0.1) is 18.2 Å². The Labute approximate surface area is 169 Å². The van der Waals surface area contributed by atoms with Crippen LogP contribution in [0.15, 0.2) is 36.4 Å². The van der Waals surface area contributed by atoms with E-state index in [1.807, 2.05) is 0 Å². The van der Waals surface area contributed by atoms with Crippen LogP contribution in [-0.4, -0.2) is 25.0 Å². The molecule has 1 saturated heterocycles. The highest BCUT2D eigenvalue weighted by molar-refractivity contribution is 6.07. The fourth-order valence-corrected chi connectivity index (χ4v) is 3.96. The molecule has 2 aromatic carbocycles. The molecule has 2 amide bonds. The number of amides is 2. The summed E-state index contributed by atoms with van der Waals surface area (Å²) < 4.78 is 58.1. The zero-order valence-corrected chi connectivity index (χ0v) is 15.7. The van der Waals surface area contributed by atoms with Crippen LogP contribution < -0.4 is 10.6 Å². The predicted octanol–water partition coefficient (Wildman–Crippen LogP) is 4.31. The molecule has 2 heterocycles. The molecule has 0 radical (unpaired) electrons. The van der Waals surface area contributed by atoms with Crippen molar-refractivity contribution < 1.29 is 31.9 Å². The monoisotopic (exact) mass is 422 g/mol. The minimum Gasteiger partial charge on any atom is -0.381 e. The van der Waals surface area contributed by atoms with Gasteiger partial charge in [-0.05, 0) is 43.2 Å². The number of hydrogen-bond donors (Lipinski definition) is 2. The third-order valence-electron chi connectivity index (χ3n) is 5.35. The number of benzene rings is 2. The zero-order valence-electron chi connectivity index (χ0n) is 15.7. The summed E-state index contributed by atoms with van der Waals surface area (Å²) in [5.74, 6) is -2.34. The van der Waals surface area contributed by atoms with E-state index in [0.29, 0.717) is 42.2 Å². The van der Waals surface area contributed by atoms with Crippen molar-refractivity contribution in [1.82, 2.24) is 5.32 Å². The lowest BCUT2D eigenvalue weighted by atomic mass is 9.88. The zero-order chi connectivity index (χ0) is 21.5. The first-order valence-electron chi connectivity index (χ1n) is 9.44. The van der Waals surface area contributed by atoms with Crippen molar-refractivity contribution in [2.75, 3.05) is 18.5 Å². The average Bonchev–Trinajstić information content (AvgIpc) is 3.05. The van der Waals surface area contributed by atoms with Crippen LogP contribution >= 0.6 is 0 Å². The predicted molar refractivity (Wildman–Crippen MR) is 99.5 cm³/mol. The van der Waals surface area contributed by atoms with Crippen LogP contribution in [0.1, 0.15) is 50.7 Å². The summed E-state index contributed by atoms with van der Waals surface area (Å²) in [4.78, 5) is 25.0. The van der Waals surface area contributed by atoms with Gasteiger partial charge in [0.1, 0.15) is 5.82 Å². The molecule has 0 bridgehead atoms. The molecule has 2 aliphatic heterocycles. The Hall–Kier alpha value is -2.94. The summed E-state index contributed by atoms with van der Waals surface area (Å²) in [5, 5.41) is 5.45. The second-order valence-electron chi connectivity index (χ2n) is 7.38. The van der Waals surface area contributed by atoms with Gasteiger partial charge >= 0.3 is 6.18 Å². The number of carbonyl (C=O) groups is 2. The van der Waals surface area contributed by atoms with E-state index in [1.165, 1.54) is 0 Å². The Morgan fingerprint density at radius 1 is 1.20 bits per heavy atom. The first-order chi connectivity index (χ1) is 14.2. The van der Waals surface area contributed by atoms with Gasteiger partial charge in [0.25, 0.3) is 11.8 Å². The number of ether oxygens (including phenoxy) is 1. The molecule has 2 atom stereocenters. The number of alkyl halides is 3. The number of rotatable bonds is 3. The third kappa shape index (κ3) is 3.89. The maximum Gasteiger partial charge on any atom is 0.416 e. The highest BCUT2D eigenvalue weighted by Gasteiger charge is 2.37. The molecule has 9 heteroatoms. The lowest BCUT2D eigenvalue weighted by Gasteiger charge is -2.29. The van der Waals surface area contributed by atoms with Gasteiger partial charge in [-0.3, -0.25) is 9.59 Å². The van der Waals surface area contributed by atoms with E-state index in [1.54, 1.807) is 18.2 Å². The fourth-order valence-electron chi connectivity index (χ4n) is 3.96. The van der Waals surface area contributed by atoms with Crippen LogP contribution in [0.2, 0.25) is 0 Å². The van der Waals surface area contributed by atoms with E-state index in [4.69, 9.17) is 4.74 Å². The van der Waals surface area contributed by atoms with E-state index < -0.39 is 29.0 Å². The van der Waals surface area contributed by atoms with Gasteiger partial charge < -0.3 is 15.4 Å². The summed E-state index contributed by atoms with van der Waals surface area (Å²) in [6.07, 6.45) is -3.12. The Balaban J connectivity index is 1.66. The van der Waals surface area contributed by atoms with Crippen molar-refractivity contribution in [2.24, 2.45) is 5.92 Å². The number of halogens is 4. The summed E-state index contributed by atoms with van der Waals surface area (Å²) in [5.41, 5.74) is -0.462. The molecule has 30 heavy (non-hydrogen) atoms. The molecule has 0 aliphatic carbocycles.